The van der Waals surface area contributed by atoms with E-state index in [1.54, 1.807) is 4.90 Å². The molecule has 6 nitrogen and oxygen atoms in total. The molecule has 2 N–H and O–H groups in total. The Kier molecular flexibility index (Phi) is 5.91. The largest absolute Gasteiger partial charge is 0.444 e. The second-order valence-corrected chi connectivity index (χ2v) is 11.5. The van der Waals surface area contributed by atoms with Gasteiger partial charge < -0.3 is 14.7 Å². The van der Waals surface area contributed by atoms with E-state index >= 15 is 0 Å². The van der Waals surface area contributed by atoms with Gasteiger partial charge >= 0.3 is 6.09 Å². The van der Waals surface area contributed by atoms with E-state index < -0.39 is 16.6 Å². The summed E-state index contributed by atoms with van der Waals surface area (Å²) in [6, 6.07) is 0.0170. The van der Waals surface area contributed by atoms with Gasteiger partial charge in [0.05, 0.1) is 21.8 Å². The number of nitrogens with one attached hydrogen (secondary N) is 1. The number of carbonyl (C=O) groups excluding carboxylic acids is 1. The Hall–Kier alpha value is -0.660. The Labute approximate surface area is 154 Å². The number of hydrogen-bond acceptors (Lipinski definition) is 4. The topological polar surface area (TPSA) is 78.9 Å². The van der Waals surface area contributed by atoms with Crippen molar-refractivity contribution in [3.8, 4) is 0 Å². The molecule has 2 aliphatic rings. The van der Waals surface area contributed by atoms with Crippen molar-refractivity contribution in [3.63, 3.8) is 0 Å². The number of aliphatic hydroxyl groups excluding tert-OH is 1. The van der Waals surface area contributed by atoms with Gasteiger partial charge in [-0.05, 0) is 72.6 Å². The minimum Gasteiger partial charge on any atom is -0.444 e. The highest BCUT2D eigenvalue weighted by molar-refractivity contribution is 7.84. The first kappa shape index (κ1) is 20.6. The summed E-state index contributed by atoms with van der Waals surface area (Å²) >= 11 is 0. The van der Waals surface area contributed by atoms with Crippen LogP contribution in [0.15, 0.2) is 0 Å². The molecule has 2 fully saturated rings. The van der Waals surface area contributed by atoms with Crippen LogP contribution < -0.4 is 4.72 Å². The van der Waals surface area contributed by atoms with E-state index in [1.807, 2.05) is 41.5 Å². The Morgan fingerprint density at radius 3 is 2.24 bits per heavy atom. The molecule has 1 heterocycles. The minimum atomic E-state index is -1.17. The summed E-state index contributed by atoms with van der Waals surface area (Å²) in [5.74, 6) is 0. The molecule has 1 amide bonds. The van der Waals surface area contributed by atoms with Gasteiger partial charge in [-0.2, -0.15) is 0 Å². The SMILES string of the molecule is CC(C)(C)OC(=O)N1CCC2(CC1)C[C@H](O)C[C@H]2N[S@@](=O)C(C)(C)C. The van der Waals surface area contributed by atoms with Crippen LogP contribution in [0.25, 0.3) is 0 Å². The number of likely N-dealkylation sites (tertiary alicyclic amines) is 1. The second-order valence-electron chi connectivity index (χ2n) is 9.47. The maximum absolute atomic E-state index is 12.5. The number of amides is 1. The van der Waals surface area contributed by atoms with Crippen molar-refractivity contribution >= 4 is 17.1 Å². The van der Waals surface area contributed by atoms with Crippen LogP contribution in [0.2, 0.25) is 0 Å². The molecule has 0 aromatic rings. The Morgan fingerprint density at radius 1 is 1.20 bits per heavy atom. The van der Waals surface area contributed by atoms with Crippen LogP contribution in [0.4, 0.5) is 4.79 Å². The maximum atomic E-state index is 12.5. The first-order chi connectivity index (χ1) is 11.3. The molecule has 1 spiro atoms. The number of hydrogen-bond donors (Lipinski definition) is 2. The summed E-state index contributed by atoms with van der Waals surface area (Å²) in [6.07, 6.45) is 2.26. The molecule has 7 heteroatoms. The molecule has 1 saturated carbocycles. The third-order valence-corrected chi connectivity index (χ3v) is 6.72. The molecule has 1 aliphatic carbocycles. The fourth-order valence-electron chi connectivity index (χ4n) is 3.71. The van der Waals surface area contributed by atoms with Crippen LogP contribution >= 0.6 is 0 Å². The van der Waals surface area contributed by atoms with Gasteiger partial charge in [-0.15, -0.1) is 0 Å². The lowest BCUT2D eigenvalue weighted by Crippen LogP contribution is -2.52. The number of rotatable bonds is 2. The molecular formula is C18H34N2O4S. The van der Waals surface area contributed by atoms with E-state index in [-0.39, 0.29) is 28.4 Å². The van der Waals surface area contributed by atoms with Crippen LogP contribution in [0.1, 0.15) is 67.2 Å². The third kappa shape index (κ3) is 5.17. The van der Waals surface area contributed by atoms with Crippen LogP contribution in [-0.2, 0) is 15.7 Å². The number of nitrogens with zero attached hydrogens (tertiary/aromatic N) is 1. The van der Waals surface area contributed by atoms with E-state index in [0.29, 0.717) is 25.9 Å². The molecule has 0 aromatic carbocycles. The smallest absolute Gasteiger partial charge is 0.410 e. The molecule has 1 aliphatic heterocycles. The highest BCUT2D eigenvalue weighted by Crippen LogP contribution is 2.47. The molecule has 2 rings (SSSR count). The number of piperidine rings is 1. The monoisotopic (exact) mass is 374 g/mol. The van der Waals surface area contributed by atoms with E-state index in [4.69, 9.17) is 4.74 Å². The lowest BCUT2D eigenvalue weighted by Gasteiger charge is -2.43. The Morgan fingerprint density at radius 2 is 1.76 bits per heavy atom. The van der Waals surface area contributed by atoms with Crippen LogP contribution in [0.5, 0.6) is 0 Å². The van der Waals surface area contributed by atoms with Gasteiger partial charge in [0.15, 0.2) is 0 Å². The number of ether oxygens (including phenoxy) is 1. The standard InChI is InChI=1S/C18H34N2O4S/c1-16(2,3)24-15(22)20-9-7-18(8-10-20)12-13(21)11-14(18)19-25(23)17(4,5)6/h13-14,19,21H,7-12H2,1-6H3/t13-,14-,25+/m1/s1. The summed E-state index contributed by atoms with van der Waals surface area (Å²) in [5.41, 5.74) is -0.595. The lowest BCUT2D eigenvalue weighted by molar-refractivity contribution is 0.00692. The summed E-state index contributed by atoms with van der Waals surface area (Å²) < 4.78 is 20.9. The predicted molar refractivity (Wildman–Crippen MR) is 99.5 cm³/mol. The van der Waals surface area contributed by atoms with Gasteiger partial charge in [0.25, 0.3) is 0 Å². The fourth-order valence-corrected chi connectivity index (χ4v) is 4.67. The maximum Gasteiger partial charge on any atom is 0.410 e. The van der Waals surface area contributed by atoms with Gasteiger partial charge in [0.2, 0.25) is 0 Å². The quantitative estimate of drug-likeness (QED) is 0.779. The summed E-state index contributed by atoms with van der Waals surface area (Å²) in [4.78, 5) is 14.0. The van der Waals surface area contributed by atoms with Gasteiger partial charge in [-0.25, -0.2) is 13.7 Å². The lowest BCUT2D eigenvalue weighted by atomic mass is 9.74. The molecule has 25 heavy (non-hydrogen) atoms. The van der Waals surface area contributed by atoms with E-state index in [9.17, 15) is 14.1 Å². The predicted octanol–water partition coefficient (Wildman–Crippen LogP) is 2.58. The van der Waals surface area contributed by atoms with Gasteiger partial charge in [0, 0.05) is 19.1 Å². The van der Waals surface area contributed by atoms with E-state index in [2.05, 4.69) is 4.72 Å². The third-order valence-electron chi connectivity index (χ3n) is 5.11. The highest BCUT2D eigenvalue weighted by Gasteiger charge is 2.50. The van der Waals surface area contributed by atoms with Gasteiger partial charge in [0.1, 0.15) is 5.60 Å². The van der Waals surface area contributed by atoms with E-state index in [1.165, 1.54) is 0 Å². The first-order valence-corrected chi connectivity index (χ1v) is 10.3. The van der Waals surface area contributed by atoms with E-state index in [0.717, 1.165) is 12.8 Å². The van der Waals surface area contributed by atoms with Crippen LogP contribution in [0, 0.1) is 5.41 Å². The van der Waals surface area contributed by atoms with Crippen molar-refractivity contribution in [2.24, 2.45) is 5.41 Å². The average Bonchev–Trinajstić information content (AvgIpc) is 2.72. The fraction of sp³-hybridized carbons (Fsp3) is 0.944. The van der Waals surface area contributed by atoms with Gasteiger partial charge in [-0.3, -0.25) is 0 Å². The van der Waals surface area contributed by atoms with Crippen molar-refractivity contribution in [3.05, 3.63) is 0 Å². The van der Waals surface area contributed by atoms with Crippen molar-refractivity contribution in [1.82, 2.24) is 9.62 Å². The summed E-state index contributed by atoms with van der Waals surface area (Å²) in [6.45, 7) is 12.7. The minimum absolute atomic E-state index is 0.0170. The molecule has 0 bridgehead atoms. The molecule has 0 radical (unpaired) electrons. The van der Waals surface area contributed by atoms with Crippen molar-refractivity contribution in [2.75, 3.05) is 13.1 Å². The molecule has 146 valence electrons. The van der Waals surface area contributed by atoms with Crippen LogP contribution in [0.3, 0.4) is 0 Å². The van der Waals surface area contributed by atoms with Crippen molar-refractivity contribution in [2.45, 2.75) is 89.7 Å². The summed E-state index contributed by atoms with van der Waals surface area (Å²) in [5, 5.41) is 10.2. The number of aliphatic hydroxyl groups is 1. The Balaban J connectivity index is 2.01. The summed E-state index contributed by atoms with van der Waals surface area (Å²) in [7, 11) is -1.17. The normalized spacial score (nSPS) is 28.2. The average molecular weight is 375 g/mol. The molecule has 0 unspecified atom stereocenters. The molecule has 1 saturated heterocycles. The van der Waals surface area contributed by atoms with Gasteiger partial charge in [-0.1, -0.05) is 0 Å². The van der Waals surface area contributed by atoms with Crippen LogP contribution in [-0.4, -0.2) is 55.9 Å². The molecule has 0 aromatic heterocycles. The van der Waals surface area contributed by atoms with Crippen molar-refractivity contribution in [1.29, 1.82) is 0 Å². The highest BCUT2D eigenvalue weighted by atomic mass is 32.2. The zero-order chi connectivity index (χ0) is 19.0. The molecule has 3 atom stereocenters. The zero-order valence-electron chi connectivity index (χ0n) is 16.4. The first-order valence-electron chi connectivity index (χ1n) is 9.16. The van der Waals surface area contributed by atoms with Crippen molar-refractivity contribution < 1.29 is 18.8 Å². The second kappa shape index (κ2) is 7.16. The molecular weight excluding hydrogens is 340 g/mol. The zero-order valence-corrected chi connectivity index (χ0v) is 17.2. The number of carbonyl (C=O) groups is 1. The Bertz CT molecular complexity index is 516.